The van der Waals surface area contributed by atoms with Crippen LogP contribution in [0.1, 0.15) is 318 Å². The van der Waals surface area contributed by atoms with Crippen molar-refractivity contribution in [3.63, 3.8) is 0 Å². The zero-order chi connectivity index (χ0) is 62.2. The van der Waals surface area contributed by atoms with Crippen LogP contribution in [0.3, 0.4) is 0 Å². The monoisotopic (exact) mass is 1100 g/mol. The van der Waals surface area contributed by atoms with E-state index < -0.39 is 0 Å². The number of anilines is 2. The normalized spacial score (nSPS) is 14.9. The van der Waals surface area contributed by atoms with Crippen LogP contribution in [0.25, 0.3) is 0 Å². The Balaban J connectivity index is 1.90. The van der Waals surface area contributed by atoms with Gasteiger partial charge in [-0.3, -0.25) is 0 Å². The van der Waals surface area contributed by atoms with Crippen molar-refractivity contribution in [1.82, 2.24) is 0 Å². The molecule has 6 rings (SSSR count). The van der Waals surface area contributed by atoms with Gasteiger partial charge in [0.1, 0.15) is 0 Å². The van der Waals surface area contributed by atoms with Crippen LogP contribution in [-0.4, -0.2) is 13.1 Å². The van der Waals surface area contributed by atoms with Crippen LogP contribution in [0.4, 0.5) is 11.4 Å². The molecule has 0 unspecified atom stereocenters. The zero-order valence-corrected chi connectivity index (χ0v) is 58.0. The number of aryl methyl sites for hydroxylation is 2. The van der Waals surface area contributed by atoms with Gasteiger partial charge in [-0.25, -0.2) is 0 Å². The molecule has 446 valence electrons. The molecule has 2 N–H and O–H groups in total. The summed E-state index contributed by atoms with van der Waals surface area (Å²) in [4.78, 5) is 2.77. The largest absolute Gasteiger partial charge is 0.339 e. The Morgan fingerprint density at radius 2 is 0.439 bits per heavy atom. The fourth-order valence-electron chi connectivity index (χ4n) is 11.9. The molecule has 6 aromatic carbocycles. The standard InChI is InChI=1S/C80H116N2/c1-49-33-67(51(3)55-37-59(73(7,8)9)45-60(38-55)74(10,11)12)71(68(34-49)52(4)56-39-61(75(13,14)15)46-62(40-56)76(16,17)18)82(32-31-81)72-69(53(5)57-41-63(77(19,20)21)47-64(42-57)78(22,23)24)35-50(2)36-70(72)54(6)58-43-65(79(25,26)27)48-66(44-58)80(28,29)30/h33-48,51-54H,31-32,81H2,1-30H3/t51-,52-,53-,54-/m1/s1. The lowest BCUT2D eigenvalue weighted by Gasteiger charge is -2.39. The van der Waals surface area contributed by atoms with Crippen molar-refractivity contribution < 1.29 is 0 Å². The van der Waals surface area contributed by atoms with Crippen LogP contribution >= 0.6 is 0 Å². The fraction of sp³-hybridized carbons (Fsp3) is 0.550. The predicted molar refractivity (Wildman–Crippen MR) is 364 cm³/mol. The summed E-state index contributed by atoms with van der Waals surface area (Å²) in [5.41, 5.74) is 33.9. The van der Waals surface area contributed by atoms with Gasteiger partial charge < -0.3 is 10.6 Å². The minimum atomic E-state index is -0.0362. The molecule has 0 bridgehead atoms. The van der Waals surface area contributed by atoms with Crippen LogP contribution in [0, 0.1) is 13.8 Å². The van der Waals surface area contributed by atoms with Crippen molar-refractivity contribution in [2.45, 2.75) is 275 Å². The summed E-state index contributed by atoms with van der Waals surface area (Å²) in [5.74, 6) is 0.161. The average molecular weight is 1110 g/mol. The highest BCUT2D eigenvalue weighted by atomic mass is 15.2. The molecule has 0 saturated carbocycles. The summed E-state index contributed by atoms with van der Waals surface area (Å²) in [6, 6.07) is 40.3. The fourth-order valence-corrected chi connectivity index (χ4v) is 11.9. The molecule has 0 amide bonds. The summed E-state index contributed by atoms with van der Waals surface area (Å²) >= 11 is 0. The molecule has 82 heavy (non-hydrogen) atoms. The van der Waals surface area contributed by atoms with E-state index >= 15 is 0 Å². The Labute approximate surface area is 504 Å². The van der Waals surface area contributed by atoms with Gasteiger partial charge in [0.15, 0.2) is 0 Å². The highest BCUT2D eigenvalue weighted by Crippen LogP contribution is 2.51. The third kappa shape index (κ3) is 14.9. The second kappa shape index (κ2) is 23.2. The van der Waals surface area contributed by atoms with Gasteiger partial charge in [-0.1, -0.05) is 302 Å². The maximum absolute atomic E-state index is 7.21. The molecule has 0 aliphatic rings. The van der Waals surface area contributed by atoms with Crippen LogP contribution in [0.2, 0.25) is 0 Å². The summed E-state index contributed by atoms with van der Waals surface area (Å²) in [5, 5.41) is 0. The summed E-state index contributed by atoms with van der Waals surface area (Å²) < 4.78 is 0. The number of rotatable bonds is 12. The van der Waals surface area contributed by atoms with Crippen molar-refractivity contribution in [1.29, 1.82) is 0 Å². The van der Waals surface area contributed by atoms with Gasteiger partial charge in [0.05, 0.1) is 0 Å². The highest BCUT2D eigenvalue weighted by Gasteiger charge is 2.35. The lowest BCUT2D eigenvalue weighted by Crippen LogP contribution is -2.30. The SMILES string of the molecule is Cc1cc([C@H](C)c2cc(C(C)(C)C)cc(C(C)(C)C)c2)c(N(CCN)c2c([C@H](C)c3cc(C(C)(C)C)cc(C(C)(C)C)c3)cc(C)cc2[C@H](C)c2cc(C(C)(C)C)cc(C(C)(C)C)c2)c([C@H](C)c2cc(C(C)(C)C)cc(C(C)(C)C)c2)c1. The van der Waals surface area contributed by atoms with Gasteiger partial charge in [-0.2, -0.15) is 0 Å². The molecule has 0 radical (unpaired) electrons. The van der Waals surface area contributed by atoms with E-state index in [1.807, 2.05) is 0 Å². The smallest absolute Gasteiger partial charge is 0.0488 e. The van der Waals surface area contributed by atoms with Gasteiger partial charge in [-0.15, -0.1) is 0 Å². The summed E-state index contributed by atoms with van der Waals surface area (Å²) in [6.07, 6.45) is 0. The minimum Gasteiger partial charge on any atom is -0.339 e. The Bertz CT molecular complexity index is 2690. The van der Waals surface area contributed by atoms with E-state index in [0.29, 0.717) is 13.1 Å². The van der Waals surface area contributed by atoms with E-state index in [1.165, 1.54) is 112 Å². The molecule has 0 fully saturated rings. The minimum absolute atomic E-state index is 0.0362. The molecular formula is C80H116N2. The van der Waals surface area contributed by atoms with Crippen molar-refractivity contribution in [2.75, 3.05) is 18.0 Å². The number of hydrogen-bond acceptors (Lipinski definition) is 2. The maximum atomic E-state index is 7.21. The van der Waals surface area contributed by atoms with Crippen molar-refractivity contribution in [2.24, 2.45) is 5.73 Å². The molecule has 2 heteroatoms. The average Bonchev–Trinajstić information content (AvgIpc) is 3.34. The summed E-state index contributed by atoms with van der Waals surface area (Å²) in [7, 11) is 0. The molecule has 4 atom stereocenters. The van der Waals surface area contributed by atoms with Crippen LogP contribution in [-0.2, 0) is 43.3 Å². The first-order chi connectivity index (χ1) is 37.1. The zero-order valence-electron chi connectivity index (χ0n) is 58.0. The molecule has 0 spiro atoms. The van der Waals surface area contributed by atoms with E-state index in [1.54, 1.807) is 0 Å². The van der Waals surface area contributed by atoms with E-state index in [2.05, 4.69) is 310 Å². The topological polar surface area (TPSA) is 29.3 Å². The Morgan fingerprint density at radius 1 is 0.280 bits per heavy atom. The molecule has 0 aliphatic carbocycles. The lowest BCUT2D eigenvalue weighted by atomic mass is 9.75. The molecule has 0 aliphatic heterocycles. The molecule has 6 aromatic rings. The van der Waals surface area contributed by atoms with Crippen molar-refractivity contribution in [3.05, 3.63) is 197 Å². The first kappa shape index (κ1) is 66.2. The number of nitrogens with two attached hydrogens (primary N) is 1. The van der Waals surface area contributed by atoms with Crippen LogP contribution < -0.4 is 10.6 Å². The Kier molecular flexibility index (Phi) is 18.7. The molecular weight excluding hydrogens is 989 g/mol. The first-order valence-electron chi connectivity index (χ1n) is 31.5. The van der Waals surface area contributed by atoms with Crippen LogP contribution in [0.5, 0.6) is 0 Å². The lowest BCUT2D eigenvalue weighted by molar-refractivity contribution is 0.565. The quantitative estimate of drug-likeness (QED) is 0.132. The predicted octanol–water partition coefficient (Wildman–Crippen LogP) is 22.4. The third-order valence-corrected chi connectivity index (χ3v) is 18.1. The Hall–Kier alpha value is -4.92. The molecule has 0 saturated heterocycles. The van der Waals surface area contributed by atoms with E-state index in [4.69, 9.17) is 5.73 Å². The second-order valence-corrected chi connectivity index (χ2v) is 33.8. The molecule has 0 heterocycles. The van der Waals surface area contributed by atoms with E-state index in [-0.39, 0.29) is 67.0 Å². The van der Waals surface area contributed by atoms with E-state index in [0.717, 1.165) is 0 Å². The second-order valence-electron chi connectivity index (χ2n) is 33.8. The van der Waals surface area contributed by atoms with Crippen LogP contribution in [0.15, 0.2) is 97.1 Å². The summed E-state index contributed by atoms with van der Waals surface area (Å²) in [6.45, 7) is 72.6. The van der Waals surface area contributed by atoms with Gasteiger partial charge in [0.25, 0.3) is 0 Å². The third-order valence-electron chi connectivity index (χ3n) is 18.1. The molecule has 0 aromatic heterocycles. The van der Waals surface area contributed by atoms with Gasteiger partial charge in [0, 0.05) is 48.1 Å². The van der Waals surface area contributed by atoms with Gasteiger partial charge in [0.2, 0.25) is 0 Å². The van der Waals surface area contributed by atoms with Gasteiger partial charge >= 0.3 is 0 Å². The first-order valence-corrected chi connectivity index (χ1v) is 31.5. The van der Waals surface area contributed by atoms with Crippen molar-refractivity contribution >= 4 is 11.4 Å². The maximum Gasteiger partial charge on any atom is 0.0488 e. The molecule has 2 nitrogen and oxygen atoms in total. The van der Waals surface area contributed by atoms with Crippen molar-refractivity contribution in [3.8, 4) is 0 Å². The number of nitrogens with zero attached hydrogens (tertiary/aromatic N) is 1. The number of hydrogen-bond donors (Lipinski definition) is 1. The Morgan fingerprint density at radius 3 is 0.573 bits per heavy atom. The van der Waals surface area contributed by atoms with E-state index in [9.17, 15) is 0 Å². The highest BCUT2D eigenvalue weighted by molar-refractivity contribution is 5.79. The number of benzene rings is 6. The van der Waals surface area contributed by atoms with Gasteiger partial charge in [-0.05, 0) is 146 Å².